The fourth-order valence-electron chi connectivity index (χ4n) is 3.40. The lowest BCUT2D eigenvalue weighted by Crippen LogP contribution is -2.47. The molecule has 20 heavy (non-hydrogen) atoms. The van der Waals surface area contributed by atoms with Gasteiger partial charge in [0.15, 0.2) is 0 Å². The van der Waals surface area contributed by atoms with Crippen molar-refractivity contribution in [2.75, 3.05) is 13.1 Å². The van der Waals surface area contributed by atoms with Gasteiger partial charge in [-0.3, -0.25) is 4.90 Å². The Hall–Kier alpha value is -1.26. The topological polar surface area (TPSA) is 69.7 Å². The lowest BCUT2D eigenvalue weighted by atomic mass is 9.87. The van der Waals surface area contributed by atoms with Crippen LogP contribution in [-0.4, -0.2) is 34.2 Å². The van der Waals surface area contributed by atoms with E-state index in [1.807, 2.05) is 6.92 Å². The van der Waals surface area contributed by atoms with Crippen LogP contribution in [-0.2, 0) is 0 Å². The van der Waals surface area contributed by atoms with Crippen molar-refractivity contribution in [2.45, 2.75) is 45.2 Å². The van der Waals surface area contributed by atoms with Crippen molar-refractivity contribution < 1.29 is 10.2 Å². The molecule has 4 heteroatoms. The smallest absolute Gasteiger partial charge is 0.124 e. The third-order valence-corrected chi connectivity index (χ3v) is 4.69. The summed E-state index contributed by atoms with van der Waals surface area (Å²) >= 11 is 0. The van der Waals surface area contributed by atoms with Crippen LogP contribution in [0.5, 0.6) is 11.5 Å². The third kappa shape index (κ3) is 2.91. The average Bonchev–Trinajstić information content (AvgIpc) is 2.46. The molecule has 1 saturated heterocycles. The standard InChI is InChI=1S/C16H26N2O2/c1-3-12-7-8-18(13(9-12)10-17)11(2)16-14(19)5-4-6-15(16)20/h4-6,11-13,19-20H,3,7-10,17H2,1-2H3. The van der Waals surface area contributed by atoms with Gasteiger partial charge in [0.2, 0.25) is 0 Å². The molecule has 4 nitrogen and oxygen atoms in total. The first-order valence-electron chi connectivity index (χ1n) is 7.55. The average molecular weight is 278 g/mol. The van der Waals surface area contributed by atoms with Crippen LogP contribution < -0.4 is 5.73 Å². The summed E-state index contributed by atoms with van der Waals surface area (Å²) in [6.45, 7) is 5.85. The van der Waals surface area contributed by atoms with Gasteiger partial charge in [-0.25, -0.2) is 0 Å². The molecule has 4 N–H and O–H groups in total. The summed E-state index contributed by atoms with van der Waals surface area (Å²) in [7, 11) is 0. The van der Waals surface area contributed by atoms with Crippen LogP contribution in [0.25, 0.3) is 0 Å². The van der Waals surface area contributed by atoms with Crippen molar-refractivity contribution in [3.63, 3.8) is 0 Å². The number of nitrogens with zero attached hydrogens (tertiary/aromatic N) is 1. The number of phenolic OH excluding ortho intramolecular Hbond substituents is 2. The second-order valence-electron chi connectivity index (χ2n) is 5.81. The molecule has 0 aromatic heterocycles. The van der Waals surface area contributed by atoms with Crippen LogP contribution in [0.15, 0.2) is 18.2 Å². The van der Waals surface area contributed by atoms with Gasteiger partial charge < -0.3 is 15.9 Å². The molecule has 1 fully saturated rings. The first-order valence-corrected chi connectivity index (χ1v) is 7.55. The number of likely N-dealkylation sites (tertiary alicyclic amines) is 1. The lowest BCUT2D eigenvalue weighted by Gasteiger charge is -2.42. The molecule has 112 valence electrons. The first-order chi connectivity index (χ1) is 9.58. The Kier molecular flexibility index (Phi) is 4.89. The summed E-state index contributed by atoms with van der Waals surface area (Å²) in [5, 5.41) is 20.1. The number of aromatic hydroxyl groups is 2. The van der Waals surface area contributed by atoms with Crippen LogP contribution in [0, 0.1) is 5.92 Å². The third-order valence-electron chi connectivity index (χ3n) is 4.69. The van der Waals surface area contributed by atoms with Crippen molar-refractivity contribution in [3.05, 3.63) is 23.8 Å². The molecule has 0 aliphatic carbocycles. The predicted molar refractivity (Wildman–Crippen MR) is 80.8 cm³/mol. The van der Waals surface area contributed by atoms with Crippen molar-refractivity contribution in [3.8, 4) is 11.5 Å². The van der Waals surface area contributed by atoms with Crippen LogP contribution in [0.2, 0.25) is 0 Å². The van der Waals surface area contributed by atoms with E-state index < -0.39 is 0 Å². The van der Waals surface area contributed by atoms with Crippen LogP contribution in [0.1, 0.15) is 44.7 Å². The fourth-order valence-corrected chi connectivity index (χ4v) is 3.40. The van der Waals surface area contributed by atoms with Gasteiger partial charge in [-0.2, -0.15) is 0 Å². The Morgan fingerprint density at radius 2 is 2.00 bits per heavy atom. The number of rotatable bonds is 4. The minimum absolute atomic E-state index is 0.0254. The molecule has 1 heterocycles. The van der Waals surface area contributed by atoms with Gasteiger partial charge in [0.25, 0.3) is 0 Å². The zero-order valence-corrected chi connectivity index (χ0v) is 12.4. The molecular formula is C16H26N2O2. The van der Waals surface area contributed by atoms with E-state index in [-0.39, 0.29) is 17.5 Å². The maximum Gasteiger partial charge on any atom is 0.124 e. The second kappa shape index (κ2) is 6.46. The zero-order chi connectivity index (χ0) is 14.7. The van der Waals surface area contributed by atoms with Crippen molar-refractivity contribution in [1.29, 1.82) is 0 Å². The Morgan fingerprint density at radius 3 is 2.55 bits per heavy atom. The summed E-state index contributed by atoms with van der Waals surface area (Å²) in [5.74, 6) is 1.06. The van der Waals surface area contributed by atoms with Gasteiger partial charge in [-0.15, -0.1) is 0 Å². The first kappa shape index (κ1) is 15.1. The van der Waals surface area contributed by atoms with E-state index in [1.54, 1.807) is 18.2 Å². The summed E-state index contributed by atoms with van der Waals surface area (Å²) in [5.41, 5.74) is 6.55. The molecule has 1 aliphatic rings. The van der Waals surface area contributed by atoms with Crippen LogP contribution in [0.4, 0.5) is 0 Å². The number of benzene rings is 1. The number of phenols is 2. The molecule has 3 atom stereocenters. The van der Waals surface area contributed by atoms with E-state index >= 15 is 0 Å². The molecule has 1 aliphatic heterocycles. The van der Waals surface area contributed by atoms with E-state index in [0.29, 0.717) is 18.2 Å². The quantitative estimate of drug-likeness (QED) is 0.792. The Balaban J connectivity index is 2.21. The van der Waals surface area contributed by atoms with E-state index in [2.05, 4.69) is 11.8 Å². The largest absolute Gasteiger partial charge is 0.507 e. The van der Waals surface area contributed by atoms with Crippen LogP contribution >= 0.6 is 0 Å². The van der Waals surface area contributed by atoms with E-state index in [1.165, 1.54) is 6.42 Å². The van der Waals surface area contributed by atoms with Gasteiger partial charge in [0, 0.05) is 18.6 Å². The SMILES string of the molecule is CCC1CCN(C(C)c2c(O)cccc2O)C(CN)C1. The monoisotopic (exact) mass is 278 g/mol. The molecular weight excluding hydrogens is 252 g/mol. The number of nitrogens with two attached hydrogens (primary N) is 1. The normalized spacial score (nSPS) is 25.6. The molecule has 3 unspecified atom stereocenters. The Morgan fingerprint density at radius 1 is 1.35 bits per heavy atom. The van der Waals surface area contributed by atoms with E-state index in [9.17, 15) is 10.2 Å². The minimum Gasteiger partial charge on any atom is -0.507 e. The van der Waals surface area contributed by atoms with Gasteiger partial charge in [0.1, 0.15) is 11.5 Å². The Bertz CT molecular complexity index is 430. The molecule has 1 aromatic rings. The van der Waals surface area contributed by atoms with Gasteiger partial charge in [0.05, 0.1) is 5.56 Å². The summed E-state index contributed by atoms with van der Waals surface area (Å²) in [6.07, 6.45) is 3.46. The summed E-state index contributed by atoms with van der Waals surface area (Å²) in [6, 6.07) is 5.21. The molecule has 0 saturated carbocycles. The molecule has 2 rings (SSSR count). The maximum absolute atomic E-state index is 10.0. The predicted octanol–water partition coefficient (Wildman–Crippen LogP) is 2.61. The summed E-state index contributed by atoms with van der Waals surface area (Å²) in [4.78, 5) is 2.32. The highest BCUT2D eigenvalue weighted by Gasteiger charge is 2.32. The highest BCUT2D eigenvalue weighted by Crippen LogP contribution is 2.39. The van der Waals surface area contributed by atoms with Crippen molar-refractivity contribution in [2.24, 2.45) is 11.7 Å². The molecule has 1 aromatic carbocycles. The van der Waals surface area contributed by atoms with Crippen LogP contribution in [0.3, 0.4) is 0 Å². The van der Waals surface area contributed by atoms with Gasteiger partial charge in [-0.05, 0) is 44.4 Å². The fraction of sp³-hybridized carbons (Fsp3) is 0.625. The van der Waals surface area contributed by atoms with Crippen molar-refractivity contribution >= 4 is 0 Å². The Labute approximate surface area is 121 Å². The maximum atomic E-state index is 10.0. The zero-order valence-electron chi connectivity index (χ0n) is 12.4. The minimum atomic E-state index is -0.0254. The van der Waals surface area contributed by atoms with Crippen molar-refractivity contribution in [1.82, 2.24) is 4.90 Å². The van der Waals surface area contributed by atoms with Gasteiger partial charge in [-0.1, -0.05) is 19.4 Å². The second-order valence-corrected chi connectivity index (χ2v) is 5.81. The highest BCUT2D eigenvalue weighted by molar-refractivity contribution is 5.45. The molecule has 0 bridgehead atoms. The van der Waals surface area contributed by atoms with E-state index in [0.717, 1.165) is 25.3 Å². The summed E-state index contributed by atoms with van der Waals surface area (Å²) < 4.78 is 0. The van der Waals surface area contributed by atoms with E-state index in [4.69, 9.17) is 5.73 Å². The molecule has 0 radical (unpaired) electrons. The number of piperidine rings is 1. The molecule has 0 amide bonds. The van der Waals surface area contributed by atoms with Gasteiger partial charge >= 0.3 is 0 Å². The number of hydrogen-bond donors (Lipinski definition) is 3. The molecule has 0 spiro atoms. The lowest BCUT2D eigenvalue weighted by molar-refractivity contribution is 0.0751. The highest BCUT2D eigenvalue weighted by atomic mass is 16.3. The number of hydrogen-bond acceptors (Lipinski definition) is 4.